The Morgan fingerprint density at radius 3 is 2.52 bits per heavy atom. The maximum atomic E-state index is 13.3. The molecule has 0 aliphatic carbocycles. The minimum Gasteiger partial charge on any atom is -0.320 e. The number of rotatable bonds is 5. The predicted octanol–water partition coefficient (Wildman–Crippen LogP) is 2.12. The van der Waals surface area contributed by atoms with Gasteiger partial charge in [-0.05, 0) is 45.0 Å². The molecule has 1 atom stereocenters. The number of benzene rings is 1. The van der Waals surface area contributed by atoms with Crippen molar-refractivity contribution >= 4 is 10.0 Å². The molecule has 1 heterocycles. The van der Waals surface area contributed by atoms with Crippen molar-refractivity contribution in [3.63, 3.8) is 0 Å². The summed E-state index contributed by atoms with van der Waals surface area (Å²) in [5.41, 5.74) is 0. The van der Waals surface area contributed by atoms with Gasteiger partial charge >= 0.3 is 0 Å². The third-order valence-electron chi connectivity index (χ3n) is 3.74. The van der Waals surface area contributed by atoms with Gasteiger partial charge in [-0.15, -0.1) is 0 Å². The average molecular weight is 318 g/mol. The molecule has 1 aliphatic rings. The zero-order valence-electron chi connectivity index (χ0n) is 12.0. The van der Waals surface area contributed by atoms with Gasteiger partial charge in [0.05, 0.1) is 4.90 Å². The topological polar surface area (TPSA) is 49.4 Å². The first-order valence-corrected chi connectivity index (χ1v) is 8.51. The summed E-state index contributed by atoms with van der Waals surface area (Å²) in [5, 5.41) is 3.00. The van der Waals surface area contributed by atoms with Crippen molar-refractivity contribution in [2.24, 2.45) is 0 Å². The summed E-state index contributed by atoms with van der Waals surface area (Å²) in [7, 11) is -2.05. The summed E-state index contributed by atoms with van der Waals surface area (Å²) in [5.74, 6) is -1.75. The van der Waals surface area contributed by atoms with E-state index in [2.05, 4.69) is 5.32 Å². The SMILES string of the molecule is CNCCC1CCCCN1S(=O)(=O)c1cc(F)cc(F)c1. The van der Waals surface area contributed by atoms with Crippen molar-refractivity contribution < 1.29 is 17.2 Å². The molecule has 1 saturated heterocycles. The summed E-state index contributed by atoms with van der Waals surface area (Å²) in [4.78, 5) is -0.309. The van der Waals surface area contributed by atoms with E-state index in [1.54, 1.807) is 0 Å². The Balaban J connectivity index is 2.31. The third kappa shape index (κ3) is 3.78. The molecule has 0 spiro atoms. The van der Waals surface area contributed by atoms with Crippen LogP contribution in [0.1, 0.15) is 25.7 Å². The van der Waals surface area contributed by atoms with Gasteiger partial charge in [-0.2, -0.15) is 4.31 Å². The first kappa shape index (κ1) is 16.3. The Kier molecular flexibility index (Phi) is 5.29. The van der Waals surface area contributed by atoms with Crippen LogP contribution in [0.15, 0.2) is 23.1 Å². The molecule has 21 heavy (non-hydrogen) atoms. The fourth-order valence-electron chi connectivity index (χ4n) is 2.70. The lowest BCUT2D eigenvalue weighted by Crippen LogP contribution is -2.44. The van der Waals surface area contributed by atoms with E-state index in [1.165, 1.54) is 4.31 Å². The number of hydrogen-bond acceptors (Lipinski definition) is 3. The van der Waals surface area contributed by atoms with Crippen LogP contribution >= 0.6 is 0 Å². The number of halogens is 2. The highest BCUT2D eigenvalue weighted by Crippen LogP contribution is 2.27. The Morgan fingerprint density at radius 1 is 1.24 bits per heavy atom. The maximum Gasteiger partial charge on any atom is 0.243 e. The lowest BCUT2D eigenvalue weighted by molar-refractivity contribution is 0.240. The lowest BCUT2D eigenvalue weighted by Gasteiger charge is -2.34. The second-order valence-corrected chi connectivity index (χ2v) is 7.15. The standard InChI is InChI=1S/C14H20F2N2O2S/c1-17-6-5-13-4-2-3-7-18(13)21(19,20)14-9-11(15)8-12(16)10-14/h8-10,13,17H,2-7H2,1H3. The van der Waals surface area contributed by atoms with Crippen LogP contribution < -0.4 is 5.32 Å². The Bertz CT molecular complexity index is 572. The minimum atomic E-state index is -3.86. The maximum absolute atomic E-state index is 13.3. The van der Waals surface area contributed by atoms with E-state index in [1.807, 2.05) is 7.05 Å². The van der Waals surface area contributed by atoms with Crippen LogP contribution in [-0.2, 0) is 10.0 Å². The minimum absolute atomic E-state index is 0.123. The van der Waals surface area contributed by atoms with Crippen LogP contribution in [0.25, 0.3) is 0 Å². The summed E-state index contributed by atoms with van der Waals surface area (Å²) in [6.45, 7) is 1.10. The van der Waals surface area contributed by atoms with Gasteiger partial charge in [0.25, 0.3) is 0 Å². The highest BCUT2D eigenvalue weighted by atomic mass is 32.2. The van der Waals surface area contributed by atoms with Crippen LogP contribution in [0.3, 0.4) is 0 Å². The summed E-state index contributed by atoms with van der Waals surface area (Å²) in [6, 6.07) is 2.31. The number of nitrogens with one attached hydrogen (secondary N) is 1. The van der Waals surface area contributed by atoms with Crippen molar-refractivity contribution in [3.05, 3.63) is 29.8 Å². The number of nitrogens with zero attached hydrogens (tertiary/aromatic N) is 1. The molecule has 7 heteroatoms. The van der Waals surface area contributed by atoms with Crippen LogP contribution in [0.2, 0.25) is 0 Å². The van der Waals surface area contributed by atoms with Crippen molar-refractivity contribution in [2.45, 2.75) is 36.6 Å². The van der Waals surface area contributed by atoms with Gasteiger partial charge in [-0.25, -0.2) is 17.2 Å². The molecular formula is C14H20F2N2O2S. The van der Waals surface area contributed by atoms with E-state index in [-0.39, 0.29) is 10.9 Å². The molecule has 1 aromatic rings. The first-order valence-electron chi connectivity index (χ1n) is 7.07. The van der Waals surface area contributed by atoms with Crippen LogP contribution in [0.5, 0.6) is 0 Å². The van der Waals surface area contributed by atoms with Crippen molar-refractivity contribution in [1.29, 1.82) is 0 Å². The second-order valence-electron chi connectivity index (χ2n) is 5.26. The molecule has 1 fully saturated rings. The Labute approximate surface area is 124 Å². The first-order chi connectivity index (χ1) is 9.95. The molecular weight excluding hydrogens is 298 g/mol. The Hall–Kier alpha value is -1.05. The lowest BCUT2D eigenvalue weighted by atomic mass is 10.0. The molecule has 0 radical (unpaired) electrons. The zero-order valence-corrected chi connectivity index (χ0v) is 12.8. The van der Waals surface area contributed by atoms with Gasteiger partial charge in [0, 0.05) is 18.7 Å². The quantitative estimate of drug-likeness (QED) is 0.905. The zero-order chi connectivity index (χ0) is 15.5. The van der Waals surface area contributed by atoms with E-state index >= 15 is 0 Å². The van der Waals surface area contributed by atoms with E-state index < -0.39 is 21.7 Å². The van der Waals surface area contributed by atoms with E-state index in [0.717, 1.165) is 31.4 Å². The largest absolute Gasteiger partial charge is 0.320 e. The highest BCUT2D eigenvalue weighted by Gasteiger charge is 2.33. The van der Waals surface area contributed by atoms with Gasteiger partial charge < -0.3 is 5.32 Å². The second kappa shape index (κ2) is 6.81. The highest BCUT2D eigenvalue weighted by molar-refractivity contribution is 7.89. The summed E-state index contributed by atoms with van der Waals surface area (Å²) >= 11 is 0. The normalized spacial score (nSPS) is 20.6. The van der Waals surface area contributed by atoms with E-state index in [9.17, 15) is 17.2 Å². The molecule has 4 nitrogen and oxygen atoms in total. The predicted molar refractivity (Wildman–Crippen MR) is 76.4 cm³/mol. The third-order valence-corrected chi connectivity index (χ3v) is 5.67. The number of sulfonamides is 1. The molecule has 1 N–H and O–H groups in total. The van der Waals surface area contributed by atoms with Gasteiger partial charge in [0.2, 0.25) is 10.0 Å². The molecule has 0 aromatic heterocycles. The fourth-order valence-corrected chi connectivity index (χ4v) is 4.47. The van der Waals surface area contributed by atoms with Crippen molar-refractivity contribution in [2.75, 3.05) is 20.1 Å². The molecule has 0 saturated carbocycles. The van der Waals surface area contributed by atoms with Crippen LogP contribution in [-0.4, -0.2) is 38.9 Å². The van der Waals surface area contributed by atoms with Crippen LogP contribution in [0.4, 0.5) is 8.78 Å². The van der Waals surface area contributed by atoms with Gasteiger partial charge in [0.1, 0.15) is 11.6 Å². The van der Waals surface area contributed by atoms with Gasteiger partial charge in [-0.3, -0.25) is 0 Å². The van der Waals surface area contributed by atoms with Gasteiger partial charge in [-0.1, -0.05) is 6.42 Å². The smallest absolute Gasteiger partial charge is 0.243 e. The molecule has 0 amide bonds. The molecule has 1 aromatic carbocycles. The van der Waals surface area contributed by atoms with Crippen LogP contribution in [0, 0.1) is 11.6 Å². The molecule has 0 bridgehead atoms. The molecule has 1 aliphatic heterocycles. The number of hydrogen-bond donors (Lipinski definition) is 1. The monoisotopic (exact) mass is 318 g/mol. The Morgan fingerprint density at radius 2 is 1.90 bits per heavy atom. The molecule has 2 rings (SSSR count). The fraction of sp³-hybridized carbons (Fsp3) is 0.571. The summed E-state index contributed by atoms with van der Waals surface area (Å²) < 4.78 is 53.3. The average Bonchev–Trinajstić information content (AvgIpc) is 2.44. The number of piperidine rings is 1. The van der Waals surface area contributed by atoms with Crippen molar-refractivity contribution in [1.82, 2.24) is 9.62 Å². The van der Waals surface area contributed by atoms with Gasteiger partial charge in [0.15, 0.2) is 0 Å². The summed E-state index contributed by atoms with van der Waals surface area (Å²) in [6.07, 6.45) is 3.21. The molecule has 1 unspecified atom stereocenters. The van der Waals surface area contributed by atoms with E-state index in [0.29, 0.717) is 25.6 Å². The molecule has 118 valence electrons. The van der Waals surface area contributed by atoms with E-state index in [4.69, 9.17) is 0 Å². The van der Waals surface area contributed by atoms with Crippen molar-refractivity contribution in [3.8, 4) is 0 Å².